The van der Waals surface area contributed by atoms with E-state index in [1.807, 2.05) is 11.1 Å². The van der Waals surface area contributed by atoms with Crippen LogP contribution in [0.3, 0.4) is 0 Å². The molecular weight excluding hydrogens is 739 g/mol. The van der Waals surface area contributed by atoms with Gasteiger partial charge >= 0.3 is 303 Å². The van der Waals surface area contributed by atoms with Crippen LogP contribution in [-0.4, -0.2) is 0 Å². The maximum Gasteiger partial charge on any atom is -1.00 e. The topological polar surface area (TPSA) is 0 Å². The molecule has 51 heavy (non-hydrogen) atoms. The number of halogens is 2. The van der Waals surface area contributed by atoms with Crippen molar-refractivity contribution in [3.63, 3.8) is 0 Å². The summed E-state index contributed by atoms with van der Waals surface area (Å²) in [5, 5.41) is 0. The van der Waals surface area contributed by atoms with Crippen LogP contribution in [0.2, 0.25) is 7.25 Å². The smallest absolute Gasteiger partial charge is 1.00 e. The molecule has 0 spiro atoms. The van der Waals surface area contributed by atoms with Gasteiger partial charge in [-0.05, 0) is 0 Å². The maximum atomic E-state index is 2.75. The number of hydrogen-bond donors (Lipinski definition) is 0. The zero-order valence-electron chi connectivity index (χ0n) is 31.3. The molecule has 4 aliphatic rings. The summed E-state index contributed by atoms with van der Waals surface area (Å²) in [6.07, 6.45) is 21.3. The van der Waals surface area contributed by atoms with E-state index in [0.717, 1.165) is 20.1 Å². The molecule has 1 aliphatic heterocycles. The molecule has 4 aromatic rings. The molecule has 4 unspecified atom stereocenters. The first-order chi connectivity index (χ1) is 24.1. The molecule has 3 aliphatic carbocycles. The molecule has 3 heteroatoms. The predicted octanol–water partition coefficient (Wildman–Crippen LogP) is 8.43. The quantitative estimate of drug-likeness (QED) is 0.135. The van der Waals surface area contributed by atoms with Crippen molar-refractivity contribution in [3.8, 4) is 22.3 Å². The minimum absolute atomic E-state index is 0. The standard InChI is InChI=1S/2C21H23.C6H10.2ClH.Zr/c2*1-3-5-7-17-14-19-8-6-9-20(21(19)15-17)18-12-10-16(4-2)11-13-18;1-2-4-6-5-3-1;;;/h2*6,8-15H,3-5,7H2,1-2H3;1-2H,3-6H2;2*1H;/q;;;;;+2/p-2. The summed E-state index contributed by atoms with van der Waals surface area (Å²) in [5.41, 5.74) is 18.8. The normalized spacial score (nSPS) is 22.7. The van der Waals surface area contributed by atoms with Gasteiger partial charge in [-0.1, -0.05) is 0 Å². The Morgan fingerprint density at radius 2 is 0.941 bits per heavy atom. The van der Waals surface area contributed by atoms with E-state index >= 15 is 0 Å². The van der Waals surface area contributed by atoms with Crippen molar-refractivity contribution >= 4 is 12.2 Å². The number of rotatable bonds is 12. The van der Waals surface area contributed by atoms with Crippen LogP contribution < -0.4 is 24.8 Å². The Kier molecular flexibility index (Phi) is 12.4. The van der Waals surface area contributed by atoms with Crippen LogP contribution >= 0.6 is 0 Å². The maximum absolute atomic E-state index is 3.05. The third kappa shape index (κ3) is 6.66. The molecule has 0 aromatic heterocycles. The van der Waals surface area contributed by atoms with Crippen molar-refractivity contribution in [1.29, 1.82) is 0 Å². The van der Waals surface area contributed by atoms with Crippen LogP contribution in [0, 0.1) is 0 Å². The Morgan fingerprint density at radius 1 is 0.529 bits per heavy atom. The first-order valence-corrected chi connectivity index (χ1v) is 25.7. The van der Waals surface area contributed by atoms with Crippen molar-refractivity contribution in [2.75, 3.05) is 0 Å². The van der Waals surface area contributed by atoms with Gasteiger partial charge in [-0.2, -0.15) is 0 Å². The Bertz CT molecular complexity index is 1740. The van der Waals surface area contributed by atoms with Crippen LogP contribution in [0.15, 0.2) is 96.1 Å². The van der Waals surface area contributed by atoms with Crippen LogP contribution in [0.25, 0.3) is 34.4 Å². The number of allylic oxidation sites excluding steroid dienone is 2. The Hall–Kier alpha value is -2.18. The fourth-order valence-corrected chi connectivity index (χ4v) is 34.0. The molecule has 0 bridgehead atoms. The third-order valence-corrected chi connectivity index (χ3v) is 30.3. The van der Waals surface area contributed by atoms with Crippen LogP contribution in [0.5, 0.6) is 0 Å². The van der Waals surface area contributed by atoms with E-state index in [-0.39, 0.29) is 24.8 Å². The molecule has 4 aromatic carbocycles. The van der Waals surface area contributed by atoms with Crippen LogP contribution in [-0.2, 0) is 33.1 Å². The van der Waals surface area contributed by atoms with Gasteiger partial charge in [0.15, 0.2) is 0 Å². The molecule has 266 valence electrons. The van der Waals surface area contributed by atoms with Gasteiger partial charge in [0.25, 0.3) is 0 Å². The molecule has 0 radical (unpaired) electrons. The molecular formula is C48H56Cl2Zr. The fraction of sp³-hybridized carbons (Fsp3) is 0.417. The number of aryl methyl sites for hydroxylation is 2. The van der Waals surface area contributed by atoms with E-state index in [9.17, 15) is 0 Å². The number of fused-ring (bicyclic) bond motifs is 3. The van der Waals surface area contributed by atoms with Crippen LogP contribution in [0.1, 0.15) is 133 Å². The molecule has 0 amide bonds. The number of unbranched alkanes of at least 4 members (excludes halogenated alkanes) is 2. The van der Waals surface area contributed by atoms with Gasteiger partial charge in [0.2, 0.25) is 0 Å². The zero-order valence-corrected chi connectivity index (χ0v) is 35.3. The van der Waals surface area contributed by atoms with Gasteiger partial charge in [0.05, 0.1) is 0 Å². The van der Waals surface area contributed by atoms with Crippen molar-refractivity contribution < 1.29 is 45.1 Å². The second-order valence-electron chi connectivity index (χ2n) is 15.7. The molecule has 4 atom stereocenters. The van der Waals surface area contributed by atoms with E-state index < -0.39 is 20.3 Å². The van der Waals surface area contributed by atoms with Gasteiger partial charge < -0.3 is 24.8 Å². The van der Waals surface area contributed by atoms with E-state index in [0.29, 0.717) is 7.25 Å². The minimum Gasteiger partial charge on any atom is -1.00 e. The minimum atomic E-state index is -3.05. The summed E-state index contributed by atoms with van der Waals surface area (Å²) in [5.74, 6) is 0. The summed E-state index contributed by atoms with van der Waals surface area (Å²) in [6, 6.07) is 33.9. The van der Waals surface area contributed by atoms with E-state index in [4.69, 9.17) is 0 Å². The van der Waals surface area contributed by atoms with Crippen molar-refractivity contribution in [2.24, 2.45) is 0 Å². The summed E-state index contributed by atoms with van der Waals surface area (Å²) in [4.78, 5) is 0. The van der Waals surface area contributed by atoms with E-state index in [1.54, 1.807) is 22.3 Å². The molecule has 0 N–H and O–H groups in total. The predicted molar refractivity (Wildman–Crippen MR) is 209 cm³/mol. The molecule has 1 heterocycles. The van der Waals surface area contributed by atoms with Crippen molar-refractivity contribution in [3.05, 3.63) is 129 Å². The Morgan fingerprint density at radius 3 is 1.31 bits per heavy atom. The fourth-order valence-electron chi connectivity index (χ4n) is 10.9. The average molecular weight is 795 g/mol. The second-order valence-corrected chi connectivity index (χ2v) is 27.1. The van der Waals surface area contributed by atoms with Crippen molar-refractivity contribution in [2.45, 2.75) is 119 Å². The van der Waals surface area contributed by atoms with Gasteiger partial charge in [-0.15, -0.1) is 0 Å². The largest absolute Gasteiger partial charge is 1.00 e. The van der Waals surface area contributed by atoms with Gasteiger partial charge in [0.1, 0.15) is 0 Å². The van der Waals surface area contributed by atoms with Gasteiger partial charge in [-0.3, -0.25) is 0 Å². The molecule has 1 saturated heterocycles. The molecule has 2 fully saturated rings. The first kappa shape index (κ1) is 38.5. The number of hydrogen-bond acceptors (Lipinski definition) is 0. The first-order valence-electron chi connectivity index (χ1n) is 20.0. The molecule has 1 saturated carbocycles. The third-order valence-electron chi connectivity index (χ3n) is 13.2. The summed E-state index contributed by atoms with van der Waals surface area (Å²) in [7, 11) is 0. The summed E-state index contributed by atoms with van der Waals surface area (Å²) >= 11 is -3.05. The average Bonchev–Trinajstić information content (AvgIpc) is 3.43. The van der Waals surface area contributed by atoms with Crippen LogP contribution in [0.4, 0.5) is 0 Å². The van der Waals surface area contributed by atoms with Gasteiger partial charge in [0, 0.05) is 0 Å². The van der Waals surface area contributed by atoms with Gasteiger partial charge in [-0.25, -0.2) is 0 Å². The number of benzene rings is 4. The Labute approximate surface area is 325 Å². The SMILES string of the molecule is CCCCC1=Cc2c(-c3ccc(CC)cc3)cccc2[CH]1[Zr+2]1([CH]2C(CCCC)=Cc3c(-c4ccc(CC)cc4)cccc32)[CH]2CCCC[CH]21.[Cl-].[Cl-]. The summed E-state index contributed by atoms with van der Waals surface area (Å²) in [6.45, 7) is 9.31. The van der Waals surface area contributed by atoms with E-state index in [1.165, 1.54) is 97.6 Å². The second kappa shape index (κ2) is 16.5. The van der Waals surface area contributed by atoms with E-state index in [2.05, 4.69) is 125 Å². The summed E-state index contributed by atoms with van der Waals surface area (Å²) < 4.78 is 3.47. The van der Waals surface area contributed by atoms with Crippen molar-refractivity contribution in [1.82, 2.24) is 0 Å². The molecule has 8 rings (SSSR count). The monoisotopic (exact) mass is 792 g/mol. The zero-order chi connectivity index (χ0) is 33.5. The molecule has 0 nitrogen and oxygen atoms in total. The Balaban J connectivity index is 0.00000224.